The van der Waals surface area contributed by atoms with Crippen LogP contribution in [-0.4, -0.2) is 46.5 Å². The van der Waals surface area contributed by atoms with E-state index in [9.17, 15) is 20.1 Å². The van der Waals surface area contributed by atoms with Crippen LogP contribution in [0.4, 0.5) is 0 Å². The van der Waals surface area contributed by atoms with Crippen LogP contribution in [0, 0.1) is 0 Å². The molecule has 21 heavy (non-hydrogen) atoms. The van der Waals surface area contributed by atoms with E-state index in [0.717, 1.165) is 13.0 Å². The third kappa shape index (κ3) is 2.16. The molecule has 0 amide bonds. The maximum absolute atomic E-state index is 11.6. The van der Waals surface area contributed by atoms with Crippen LogP contribution in [0.2, 0.25) is 0 Å². The zero-order chi connectivity index (χ0) is 15.1. The monoisotopic (exact) mass is 291 g/mol. The highest BCUT2D eigenvalue weighted by Crippen LogP contribution is 2.41. The predicted octanol–water partition coefficient (Wildman–Crippen LogP) is 0.984. The van der Waals surface area contributed by atoms with E-state index in [4.69, 9.17) is 4.42 Å². The topological polar surface area (TPSA) is 94.1 Å². The average Bonchev–Trinajstić information content (AvgIpc) is 2.81. The van der Waals surface area contributed by atoms with Gasteiger partial charge in [0, 0.05) is 22.9 Å². The second-order valence-electron chi connectivity index (χ2n) is 5.46. The summed E-state index contributed by atoms with van der Waals surface area (Å²) in [6, 6.07) is 4.30. The van der Waals surface area contributed by atoms with Crippen molar-refractivity contribution in [3.8, 4) is 11.5 Å². The van der Waals surface area contributed by atoms with Crippen molar-refractivity contribution >= 4 is 11.0 Å². The molecule has 0 aliphatic carbocycles. The number of phenolic OH excluding ortho intramolecular Hbond substituents is 1. The molecule has 0 saturated carbocycles. The Balaban J connectivity index is 2.24. The summed E-state index contributed by atoms with van der Waals surface area (Å²) in [5.41, 5.74) is -0.0363. The van der Waals surface area contributed by atoms with Crippen LogP contribution >= 0.6 is 0 Å². The molecule has 6 heteroatoms. The molecule has 1 aliphatic heterocycles. The van der Waals surface area contributed by atoms with Crippen molar-refractivity contribution in [3.05, 3.63) is 34.2 Å². The Morgan fingerprint density at radius 3 is 2.81 bits per heavy atom. The van der Waals surface area contributed by atoms with E-state index < -0.39 is 11.4 Å². The molecule has 1 saturated heterocycles. The predicted molar refractivity (Wildman–Crippen MR) is 76.7 cm³/mol. The van der Waals surface area contributed by atoms with Gasteiger partial charge in [-0.15, -0.1) is 0 Å². The van der Waals surface area contributed by atoms with Gasteiger partial charge >= 0.3 is 5.63 Å². The maximum atomic E-state index is 11.6. The van der Waals surface area contributed by atoms with Crippen LogP contribution in [-0.2, 0) is 0 Å². The van der Waals surface area contributed by atoms with Gasteiger partial charge in [-0.2, -0.15) is 0 Å². The van der Waals surface area contributed by atoms with Crippen LogP contribution in [0.25, 0.3) is 11.0 Å². The van der Waals surface area contributed by atoms with Crippen LogP contribution in [0.5, 0.6) is 11.5 Å². The lowest BCUT2D eigenvalue weighted by molar-refractivity contribution is 0.172. The van der Waals surface area contributed by atoms with E-state index >= 15 is 0 Å². The van der Waals surface area contributed by atoms with Gasteiger partial charge in [0.05, 0.1) is 6.61 Å². The van der Waals surface area contributed by atoms with Gasteiger partial charge in [0.2, 0.25) is 5.75 Å². The summed E-state index contributed by atoms with van der Waals surface area (Å²) in [7, 11) is 1.91. The minimum atomic E-state index is -0.832. The second-order valence-corrected chi connectivity index (χ2v) is 5.46. The molecule has 1 fully saturated rings. The molecule has 0 bridgehead atoms. The third-order valence-electron chi connectivity index (χ3n) is 4.28. The molecule has 6 nitrogen and oxygen atoms in total. The highest BCUT2D eigenvalue weighted by atomic mass is 16.4. The van der Waals surface area contributed by atoms with E-state index in [1.807, 2.05) is 11.9 Å². The molecular formula is C15H17NO5. The van der Waals surface area contributed by atoms with Crippen molar-refractivity contribution in [3.63, 3.8) is 0 Å². The first-order valence-electron chi connectivity index (χ1n) is 6.82. The second kappa shape index (κ2) is 5.05. The number of rotatable bonds is 2. The SMILES string of the molecule is CN1CCC(c2c(O)ccc3cc(O)c(=O)oc23)C1CO. The van der Waals surface area contributed by atoms with E-state index in [2.05, 4.69) is 0 Å². The number of hydrogen-bond donors (Lipinski definition) is 3. The van der Waals surface area contributed by atoms with Gasteiger partial charge in [-0.1, -0.05) is 0 Å². The molecule has 112 valence electrons. The van der Waals surface area contributed by atoms with Crippen molar-refractivity contribution in [2.75, 3.05) is 20.2 Å². The number of fused-ring (bicyclic) bond motifs is 1. The van der Waals surface area contributed by atoms with Gasteiger partial charge < -0.3 is 24.6 Å². The molecule has 0 radical (unpaired) electrons. The first kappa shape index (κ1) is 13.9. The summed E-state index contributed by atoms with van der Waals surface area (Å²) in [5, 5.41) is 29.8. The molecule has 2 unspecified atom stereocenters. The maximum Gasteiger partial charge on any atom is 0.378 e. The van der Waals surface area contributed by atoms with Crippen LogP contribution in [0.15, 0.2) is 27.4 Å². The molecular weight excluding hydrogens is 274 g/mol. The van der Waals surface area contributed by atoms with E-state index in [1.165, 1.54) is 12.1 Å². The summed E-state index contributed by atoms with van der Waals surface area (Å²) in [4.78, 5) is 13.6. The smallest absolute Gasteiger partial charge is 0.378 e. The first-order valence-corrected chi connectivity index (χ1v) is 6.82. The number of nitrogens with zero attached hydrogens (tertiary/aromatic N) is 1. The largest absolute Gasteiger partial charge is 0.508 e. The first-order chi connectivity index (χ1) is 10.0. The molecule has 2 atom stereocenters. The van der Waals surface area contributed by atoms with Crippen molar-refractivity contribution in [1.82, 2.24) is 4.90 Å². The number of hydrogen-bond acceptors (Lipinski definition) is 6. The lowest BCUT2D eigenvalue weighted by Gasteiger charge is -2.24. The number of likely N-dealkylation sites (N-methyl/N-ethyl adjacent to an activating group) is 1. The van der Waals surface area contributed by atoms with Crippen molar-refractivity contribution in [2.24, 2.45) is 0 Å². The summed E-state index contributed by atoms with van der Waals surface area (Å²) in [6.45, 7) is 0.743. The average molecular weight is 291 g/mol. The molecule has 1 aliphatic rings. The number of aliphatic hydroxyl groups is 1. The molecule has 1 aromatic carbocycles. The molecule has 3 rings (SSSR count). The summed E-state index contributed by atoms with van der Waals surface area (Å²) >= 11 is 0. The van der Waals surface area contributed by atoms with Crippen LogP contribution in [0.1, 0.15) is 17.9 Å². The number of phenols is 1. The number of aliphatic hydroxyl groups excluding tert-OH is 1. The zero-order valence-corrected chi connectivity index (χ0v) is 11.6. The highest BCUT2D eigenvalue weighted by molar-refractivity contribution is 5.83. The molecule has 0 spiro atoms. The van der Waals surface area contributed by atoms with E-state index in [0.29, 0.717) is 10.9 Å². The molecule has 1 aromatic heterocycles. The Morgan fingerprint density at radius 1 is 1.33 bits per heavy atom. The van der Waals surface area contributed by atoms with Crippen molar-refractivity contribution < 1.29 is 19.7 Å². The fraction of sp³-hybridized carbons (Fsp3) is 0.400. The normalized spacial score (nSPS) is 23.0. The van der Waals surface area contributed by atoms with E-state index in [-0.39, 0.29) is 29.9 Å². The van der Waals surface area contributed by atoms with Crippen LogP contribution in [0.3, 0.4) is 0 Å². The van der Waals surface area contributed by atoms with Gasteiger partial charge in [0.25, 0.3) is 0 Å². The van der Waals surface area contributed by atoms with E-state index in [1.54, 1.807) is 6.07 Å². The van der Waals surface area contributed by atoms with Gasteiger partial charge in [-0.05, 0) is 38.2 Å². The highest BCUT2D eigenvalue weighted by Gasteiger charge is 2.35. The summed E-state index contributed by atoms with van der Waals surface area (Å²) < 4.78 is 5.18. The number of likely N-dealkylation sites (tertiary alicyclic amines) is 1. The van der Waals surface area contributed by atoms with Gasteiger partial charge in [-0.25, -0.2) is 4.79 Å². The fourth-order valence-corrected chi connectivity index (χ4v) is 3.15. The van der Waals surface area contributed by atoms with Crippen molar-refractivity contribution in [2.45, 2.75) is 18.4 Å². The van der Waals surface area contributed by atoms with Crippen molar-refractivity contribution in [1.29, 1.82) is 0 Å². The fourth-order valence-electron chi connectivity index (χ4n) is 3.15. The van der Waals surface area contributed by atoms with Gasteiger partial charge in [-0.3, -0.25) is 0 Å². The third-order valence-corrected chi connectivity index (χ3v) is 4.28. The van der Waals surface area contributed by atoms with Gasteiger partial charge in [0.15, 0.2) is 0 Å². The molecule has 3 N–H and O–H groups in total. The quantitative estimate of drug-likeness (QED) is 0.714. The Kier molecular flexibility index (Phi) is 3.35. The lowest BCUT2D eigenvalue weighted by atomic mass is 9.90. The van der Waals surface area contributed by atoms with Crippen LogP contribution < -0.4 is 5.63 Å². The minimum absolute atomic E-state index is 0.0371. The lowest BCUT2D eigenvalue weighted by Crippen LogP contribution is -2.31. The van der Waals surface area contributed by atoms with Gasteiger partial charge in [0.1, 0.15) is 11.3 Å². The molecule has 2 aromatic rings. The summed E-state index contributed by atoms with van der Waals surface area (Å²) in [5.74, 6) is -0.548. The number of benzene rings is 1. The minimum Gasteiger partial charge on any atom is -0.508 e. The number of aromatic hydroxyl groups is 2. The Morgan fingerprint density at radius 2 is 2.10 bits per heavy atom. The Hall–Kier alpha value is -2.05. The zero-order valence-electron chi connectivity index (χ0n) is 11.6. The summed E-state index contributed by atoms with van der Waals surface area (Å²) in [6.07, 6.45) is 0.749. The Bertz CT molecular complexity index is 739. The standard InChI is InChI=1S/C15H17NO5/c1-16-5-4-9(10(16)7-17)13-11(18)3-2-8-6-12(19)15(20)21-14(8)13/h2-3,6,9-10,17-19H,4-5,7H2,1H3. The molecule has 2 heterocycles. The Labute approximate surface area is 120 Å².